The van der Waals surface area contributed by atoms with E-state index in [1.54, 1.807) is 0 Å². The largest absolute Gasteiger partial charge is 0.489 e. The van der Waals surface area contributed by atoms with E-state index in [1.807, 2.05) is 42.1 Å². The smallest absolute Gasteiger partial charge is 0.226 e. The lowest BCUT2D eigenvalue weighted by Gasteiger charge is -2.27. The second-order valence-corrected chi connectivity index (χ2v) is 8.27. The number of rotatable bonds is 5. The van der Waals surface area contributed by atoms with Crippen molar-refractivity contribution in [2.75, 3.05) is 12.3 Å². The third-order valence-electron chi connectivity index (χ3n) is 5.29. The van der Waals surface area contributed by atoms with Crippen molar-refractivity contribution in [2.24, 2.45) is 5.92 Å². The summed E-state index contributed by atoms with van der Waals surface area (Å²) in [5, 5.41) is 0.159. The third kappa shape index (κ3) is 3.90. The number of amides is 1. The summed E-state index contributed by atoms with van der Waals surface area (Å²) in [6, 6.07) is 18.5. The molecule has 1 saturated carbocycles. The number of carbonyl (C=O) groups excluding carboxylic acids is 1. The van der Waals surface area contributed by atoms with Crippen LogP contribution in [0.5, 0.6) is 5.75 Å². The van der Waals surface area contributed by atoms with Gasteiger partial charge in [-0.15, -0.1) is 11.8 Å². The van der Waals surface area contributed by atoms with Crippen molar-refractivity contribution in [3.63, 3.8) is 0 Å². The first-order valence-electron chi connectivity index (χ1n) is 9.50. The molecular formula is C22H25NO2S. The number of hydrogen-bond acceptors (Lipinski definition) is 3. The highest BCUT2D eigenvalue weighted by Gasteiger charge is 2.35. The Bertz CT molecular complexity index is 726. The summed E-state index contributed by atoms with van der Waals surface area (Å²) in [5.41, 5.74) is 2.36. The highest BCUT2D eigenvalue weighted by molar-refractivity contribution is 7.99. The molecule has 3 nitrogen and oxygen atoms in total. The van der Waals surface area contributed by atoms with Gasteiger partial charge in [-0.05, 0) is 36.1 Å². The molecular weight excluding hydrogens is 342 g/mol. The Morgan fingerprint density at radius 1 is 1.04 bits per heavy atom. The molecule has 0 bridgehead atoms. The van der Waals surface area contributed by atoms with Crippen LogP contribution in [0.4, 0.5) is 0 Å². The fourth-order valence-corrected chi connectivity index (χ4v) is 5.11. The van der Waals surface area contributed by atoms with Gasteiger partial charge in [-0.3, -0.25) is 4.79 Å². The predicted molar refractivity (Wildman–Crippen MR) is 106 cm³/mol. The van der Waals surface area contributed by atoms with E-state index in [1.165, 1.54) is 18.4 Å². The summed E-state index contributed by atoms with van der Waals surface area (Å²) in [5.74, 6) is 2.51. The highest BCUT2D eigenvalue weighted by atomic mass is 32.2. The van der Waals surface area contributed by atoms with Gasteiger partial charge in [0.05, 0.1) is 0 Å². The summed E-state index contributed by atoms with van der Waals surface area (Å²) in [7, 11) is 0. The maximum absolute atomic E-state index is 12.8. The van der Waals surface area contributed by atoms with E-state index in [-0.39, 0.29) is 11.3 Å². The van der Waals surface area contributed by atoms with Crippen LogP contribution in [0.1, 0.15) is 42.2 Å². The van der Waals surface area contributed by atoms with Crippen LogP contribution in [-0.4, -0.2) is 23.1 Å². The zero-order valence-corrected chi connectivity index (χ0v) is 15.8. The SMILES string of the molecule is O=C(C1CCCC1)N1CCSC1c1ccc(OCc2ccccc2)cc1. The molecule has 1 heterocycles. The van der Waals surface area contributed by atoms with Crippen LogP contribution >= 0.6 is 11.8 Å². The molecule has 2 aromatic rings. The molecule has 0 aromatic heterocycles. The molecule has 1 unspecified atom stereocenters. The van der Waals surface area contributed by atoms with Crippen LogP contribution in [-0.2, 0) is 11.4 Å². The van der Waals surface area contributed by atoms with Gasteiger partial charge in [0.15, 0.2) is 0 Å². The van der Waals surface area contributed by atoms with Crippen molar-refractivity contribution in [2.45, 2.75) is 37.7 Å². The van der Waals surface area contributed by atoms with Crippen LogP contribution in [0.15, 0.2) is 54.6 Å². The molecule has 1 amide bonds. The van der Waals surface area contributed by atoms with Gasteiger partial charge in [0, 0.05) is 18.2 Å². The second-order valence-electron chi connectivity index (χ2n) is 7.08. The van der Waals surface area contributed by atoms with E-state index in [4.69, 9.17) is 4.74 Å². The number of carbonyl (C=O) groups is 1. The van der Waals surface area contributed by atoms with Gasteiger partial charge in [0.1, 0.15) is 17.7 Å². The second kappa shape index (κ2) is 8.17. The predicted octanol–water partition coefficient (Wildman–Crippen LogP) is 5.03. The van der Waals surface area contributed by atoms with E-state index >= 15 is 0 Å². The quantitative estimate of drug-likeness (QED) is 0.742. The molecule has 1 saturated heterocycles. The lowest BCUT2D eigenvalue weighted by atomic mass is 10.1. The first-order valence-corrected chi connectivity index (χ1v) is 10.5. The Labute approximate surface area is 159 Å². The normalized spacial score (nSPS) is 20.5. The number of hydrogen-bond donors (Lipinski definition) is 0. The highest BCUT2D eigenvalue weighted by Crippen LogP contribution is 2.40. The lowest BCUT2D eigenvalue weighted by Crippen LogP contribution is -2.34. The average Bonchev–Trinajstić information content (AvgIpc) is 3.39. The van der Waals surface area contributed by atoms with Crippen molar-refractivity contribution in [3.8, 4) is 5.75 Å². The Balaban J connectivity index is 1.40. The van der Waals surface area contributed by atoms with Crippen LogP contribution in [0.2, 0.25) is 0 Å². The average molecular weight is 368 g/mol. The Morgan fingerprint density at radius 2 is 1.77 bits per heavy atom. The van der Waals surface area contributed by atoms with Gasteiger partial charge in [0.25, 0.3) is 0 Å². The van der Waals surface area contributed by atoms with E-state index in [9.17, 15) is 4.79 Å². The van der Waals surface area contributed by atoms with Gasteiger partial charge >= 0.3 is 0 Å². The Morgan fingerprint density at radius 3 is 2.50 bits per heavy atom. The minimum absolute atomic E-state index is 0.159. The van der Waals surface area contributed by atoms with Gasteiger partial charge in [-0.2, -0.15) is 0 Å². The van der Waals surface area contributed by atoms with Crippen molar-refractivity contribution in [1.29, 1.82) is 0 Å². The zero-order chi connectivity index (χ0) is 17.8. The molecule has 1 aliphatic carbocycles. The Hall–Kier alpha value is -1.94. The monoisotopic (exact) mass is 367 g/mol. The lowest BCUT2D eigenvalue weighted by molar-refractivity contribution is -0.135. The van der Waals surface area contributed by atoms with Gasteiger partial charge < -0.3 is 9.64 Å². The van der Waals surface area contributed by atoms with E-state index in [2.05, 4.69) is 29.2 Å². The van der Waals surface area contributed by atoms with Crippen LogP contribution < -0.4 is 4.74 Å². The van der Waals surface area contributed by atoms with Crippen molar-refractivity contribution >= 4 is 17.7 Å². The number of nitrogens with zero attached hydrogens (tertiary/aromatic N) is 1. The summed E-state index contributed by atoms with van der Waals surface area (Å²) in [4.78, 5) is 14.9. The molecule has 2 aromatic carbocycles. The topological polar surface area (TPSA) is 29.5 Å². The summed E-state index contributed by atoms with van der Waals surface area (Å²) in [6.45, 7) is 1.45. The summed E-state index contributed by atoms with van der Waals surface area (Å²) in [6.07, 6.45) is 4.54. The summed E-state index contributed by atoms with van der Waals surface area (Å²) >= 11 is 1.87. The van der Waals surface area contributed by atoms with Crippen molar-refractivity contribution in [1.82, 2.24) is 4.90 Å². The minimum Gasteiger partial charge on any atom is -0.489 e. The van der Waals surface area contributed by atoms with Crippen molar-refractivity contribution < 1.29 is 9.53 Å². The molecule has 1 atom stereocenters. The first-order chi connectivity index (χ1) is 12.8. The molecule has 26 heavy (non-hydrogen) atoms. The fraction of sp³-hybridized carbons (Fsp3) is 0.409. The van der Waals surface area contributed by atoms with Gasteiger partial charge in [-0.1, -0.05) is 55.3 Å². The van der Waals surface area contributed by atoms with E-state index < -0.39 is 0 Å². The number of ether oxygens (including phenoxy) is 1. The van der Waals surface area contributed by atoms with Crippen LogP contribution in [0.25, 0.3) is 0 Å². The fourth-order valence-electron chi connectivity index (χ4n) is 3.85. The van der Waals surface area contributed by atoms with Gasteiger partial charge in [0.2, 0.25) is 5.91 Å². The molecule has 0 N–H and O–H groups in total. The van der Waals surface area contributed by atoms with Gasteiger partial charge in [-0.25, -0.2) is 0 Å². The number of thioether (sulfide) groups is 1. The molecule has 4 heteroatoms. The van der Waals surface area contributed by atoms with Crippen LogP contribution in [0, 0.1) is 5.92 Å². The zero-order valence-electron chi connectivity index (χ0n) is 15.0. The van der Waals surface area contributed by atoms with Crippen LogP contribution in [0.3, 0.4) is 0 Å². The van der Waals surface area contributed by atoms with E-state index in [0.29, 0.717) is 12.5 Å². The molecule has 2 aliphatic rings. The third-order valence-corrected chi connectivity index (χ3v) is 6.55. The molecule has 0 spiro atoms. The van der Waals surface area contributed by atoms with Crippen molar-refractivity contribution in [3.05, 3.63) is 65.7 Å². The molecule has 4 rings (SSSR count). The molecule has 0 radical (unpaired) electrons. The summed E-state index contributed by atoms with van der Waals surface area (Å²) < 4.78 is 5.88. The maximum Gasteiger partial charge on any atom is 0.226 e. The molecule has 2 fully saturated rings. The first kappa shape index (κ1) is 17.5. The number of benzene rings is 2. The molecule has 136 valence electrons. The Kier molecular flexibility index (Phi) is 5.49. The van der Waals surface area contributed by atoms with E-state index in [0.717, 1.165) is 36.5 Å². The molecule has 1 aliphatic heterocycles. The minimum atomic E-state index is 0.159. The standard InChI is InChI=1S/C22H25NO2S/c24-21(18-8-4-5-9-18)23-14-15-26-22(23)19-10-12-20(13-11-19)25-16-17-6-2-1-3-7-17/h1-3,6-7,10-13,18,22H,4-5,8-9,14-16H2. The maximum atomic E-state index is 12.8.